The summed E-state index contributed by atoms with van der Waals surface area (Å²) in [5.41, 5.74) is 7.30. The van der Waals surface area contributed by atoms with Gasteiger partial charge in [-0.05, 0) is 41.3 Å². The number of anilines is 2. The van der Waals surface area contributed by atoms with E-state index in [2.05, 4.69) is 23.5 Å². The van der Waals surface area contributed by atoms with E-state index in [4.69, 9.17) is 13.9 Å². The van der Waals surface area contributed by atoms with Gasteiger partial charge in [0.2, 0.25) is 0 Å². The van der Waals surface area contributed by atoms with Crippen LogP contribution in [-0.2, 0) is 0 Å². The molecule has 3 aliphatic heterocycles. The van der Waals surface area contributed by atoms with Crippen molar-refractivity contribution in [2.75, 3.05) is 5.32 Å². The van der Waals surface area contributed by atoms with Crippen molar-refractivity contribution in [3.05, 3.63) is 66.7 Å². The maximum Gasteiger partial charge on any atom is 0.266 e. The van der Waals surface area contributed by atoms with Crippen LogP contribution in [0.3, 0.4) is 0 Å². The number of furan rings is 1. The van der Waals surface area contributed by atoms with Crippen molar-refractivity contribution in [2.45, 2.75) is 0 Å². The molecule has 3 aliphatic rings. The second-order valence-electron chi connectivity index (χ2n) is 7.78. The summed E-state index contributed by atoms with van der Waals surface area (Å²) in [4.78, 5) is 0. The fourth-order valence-electron chi connectivity index (χ4n) is 5.21. The summed E-state index contributed by atoms with van der Waals surface area (Å²) in [6.45, 7) is 0.0826. The van der Waals surface area contributed by atoms with E-state index in [1.165, 1.54) is 5.46 Å². The Bertz CT molecular complexity index is 1530. The quantitative estimate of drug-likeness (QED) is 0.401. The topological polar surface area (TPSA) is 43.6 Å². The van der Waals surface area contributed by atoms with E-state index in [9.17, 15) is 0 Å². The minimum absolute atomic E-state index is 0.0826. The van der Waals surface area contributed by atoms with Crippen LogP contribution in [0.15, 0.2) is 71.1 Å². The van der Waals surface area contributed by atoms with Crippen LogP contribution >= 0.6 is 0 Å². The third-order valence-corrected chi connectivity index (χ3v) is 6.33. The number of fused-ring (bicyclic) bond motifs is 4. The molecule has 134 valence electrons. The maximum absolute atomic E-state index is 6.37. The lowest BCUT2D eigenvalue weighted by atomic mass is 9.33. The molecule has 0 spiro atoms. The molecule has 29 heavy (non-hydrogen) atoms. The first-order valence-electron chi connectivity index (χ1n) is 9.73. The predicted octanol–water partition coefficient (Wildman–Crippen LogP) is 4.37. The van der Waals surface area contributed by atoms with Crippen molar-refractivity contribution in [1.29, 1.82) is 0 Å². The first-order valence-corrected chi connectivity index (χ1v) is 9.73. The highest BCUT2D eigenvalue weighted by Crippen LogP contribution is 2.44. The molecule has 0 unspecified atom stereocenters. The van der Waals surface area contributed by atoms with Gasteiger partial charge in [0.05, 0.1) is 5.39 Å². The molecule has 0 saturated carbocycles. The molecular weight excluding hydrogens is 361 g/mol. The molecule has 0 bridgehead atoms. The fourth-order valence-corrected chi connectivity index (χ4v) is 5.21. The Balaban J connectivity index is 1.59. The molecule has 4 nitrogen and oxygen atoms in total. The Morgan fingerprint density at radius 2 is 1.41 bits per heavy atom. The van der Waals surface area contributed by atoms with E-state index in [-0.39, 0.29) is 6.71 Å². The van der Waals surface area contributed by atoms with E-state index in [0.29, 0.717) is 0 Å². The van der Waals surface area contributed by atoms with Gasteiger partial charge in [-0.15, -0.1) is 0 Å². The summed E-state index contributed by atoms with van der Waals surface area (Å²) in [6.07, 6.45) is 0. The van der Waals surface area contributed by atoms with Gasteiger partial charge in [0, 0.05) is 28.3 Å². The molecule has 1 N–H and O–H groups in total. The van der Waals surface area contributed by atoms with Crippen LogP contribution in [0.1, 0.15) is 0 Å². The Kier molecular flexibility index (Phi) is 2.24. The molecule has 0 fully saturated rings. The largest absolute Gasteiger partial charge is 0.458 e. The molecule has 8 rings (SSSR count). The van der Waals surface area contributed by atoms with Gasteiger partial charge in [-0.1, -0.05) is 30.3 Å². The van der Waals surface area contributed by atoms with Crippen molar-refractivity contribution >= 4 is 56.4 Å². The lowest BCUT2D eigenvalue weighted by Gasteiger charge is -2.38. The summed E-state index contributed by atoms with van der Waals surface area (Å²) >= 11 is 0. The van der Waals surface area contributed by atoms with E-state index in [1.54, 1.807) is 0 Å². The Morgan fingerprint density at radius 1 is 0.655 bits per heavy atom. The normalized spacial score (nSPS) is 14.3. The zero-order valence-corrected chi connectivity index (χ0v) is 15.2. The van der Waals surface area contributed by atoms with Gasteiger partial charge >= 0.3 is 0 Å². The van der Waals surface area contributed by atoms with Crippen LogP contribution in [-0.4, -0.2) is 6.71 Å². The molecule has 0 aliphatic carbocycles. The number of hydrogen-bond acceptors (Lipinski definition) is 4. The number of hydrogen-bond donors (Lipinski definition) is 1. The average molecular weight is 373 g/mol. The molecular formula is C24H12BNO3. The Labute approximate surface area is 165 Å². The highest BCUT2D eigenvalue weighted by atomic mass is 16.5. The van der Waals surface area contributed by atoms with Gasteiger partial charge in [-0.25, -0.2) is 0 Å². The summed E-state index contributed by atoms with van der Waals surface area (Å²) in [7, 11) is 0. The summed E-state index contributed by atoms with van der Waals surface area (Å²) in [5.74, 6) is 3.47. The number of para-hydroxylation sites is 1. The van der Waals surface area contributed by atoms with E-state index < -0.39 is 0 Å². The number of rotatable bonds is 0. The van der Waals surface area contributed by atoms with Crippen LogP contribution in [0.2, 0.25) is 0 Å². The number of nitrogens with one attached hydrogen (secondary N) is 1. The van der Waals surface area contributed by atoms with Crippen LogP contribution in [0.4, 0.5) is 11.4 Å². The van der Waals surface area contributed by atoms with Gasteiger partial charge < -0.3 is 19.2 Å². The molecule has 1 aromatic heterocycles. The van der Waals surface area contributed by atoms with E-state index in [0.717, 1.165) is 67.2 Å². The lowest BCUT2D eigenvalue weighted by molar-refractivity contribution is 0.464. The smallest absolute Gasteiger partial charge is 0.266 e. The number of ether oxygens (including phenoxy) is 2. The third-order valence-electron chi connectivity index (χ3n) is 6.33. The molecule has 0 amide bonds. The van der Waals surface area contributed by atoms with Crippen molar-refractivity contribution in [3.8, 4) is 23.0 Å². The van der Waals surface area contributed by atoms with Gasteiger partial charge in [0.15, 0.2) is 0 Å². The zero-order valence-electron chi connectivity index (χ0n) is 15.2. The summed E-state index contributed by atoms with van der Waals surface area (Å²) in [6, 6.07) is 22.4. The molecule has 0 radical (unpaired) electrons. The number of benzene rings is 4. The lowest BCUT2D eigenvalue weighted by Crippen LogP contribution is -2.60. The Morgan fingerprint density at radius 3 is 2.31 bits per heavy atom. The third kappa shape index (κ3) is 1.56. The first kappa shape index (κ1) is 14.2. The van der Waals surface area contributed by atoms with Gasteiger partial charge in [-0.3, -0.25) is 0 Å². The van der Waals surface area contributed by atoms with E-state index >= 15 is 0 Å². The molecule has 4 aromatic carbocycles. The molecule has 5 aromatic rings. The predicted molar refractivity (Wildman–Crippen MR) is 115 cm³/mol. The van der Waals surface area contributed by atoms with Gasteiger partial charge in [-0.2, -0.15) is 0 Å². The SMILES string of the molecule is c1cc2c3c(c1)Oc1cccc4c1B3c1c(cc3oc5ccccc5c3c1N2)O4. The van der Waals surface area contributed by atoms with Crippen molar-refractivity contribution in [1.82, 2.24) is 0 Å². The van der Waals surface area contributed by atoms with Crippen molar-refractivity contribution in [2.24, 2.45) is 0 Å². The second kappa shape index (κ2) is 4.58. The Hall–Kier alpha value is -3.86. The minimum Gasteiger partial charge on any atom is -0.458 e. The molecule has 0 atom stereocenters. The van der Waals surface area contributed by atoms with Crippen LogP contribution in [0, 0.1) is 0 Å². The average Bonchev–Trinajstić information content (AvgIpc) is 3.12. The second-order valence-corrected chi connectivity index (χ2v) is 7.78. The molecule has 0 saturated heterocycles. The maximum atomic E-state index is 6.37. The minimum atomic E-state index is 0.0826. The first-order chi connectivity index (χ1) is 14.4. The zero-order chi connectivity index (χ0) is 18.7. The van der Waals surface area contributed by atoms with Crippen LogP contribution in [0.25, 0.3) is 21.9 Å². The van der Waals surface area contributed by atoms with Crippen LogP contribution in [0.5, 0.6) is 23.0 Å². The van der Waals surface area contributed by atoms with Gasteiger partial charge in [0.25, 0.3) is 6.71 Å². The monoisotopic (exact) mass is 373 g/mol. The van der Waals surface area contributed by atoms with Crippen LogP contribution < -0.4 is 31.2 Å². The summed E-state index contributed by atoms with van der Waals surface area (Å²) in [5, 5.41) is 5.89. The van der Waals surface area contributed by atoms with E-state index in [1.807, 2.05) is 48.5 Å². The summed E-state index contributed by atoms with van der Waals surface area (Å²) < 4.78 is 18.8. The van der Waals surface area contributed by atoms with Gasteiger partial charge in [0.1, 0.15) is 34.2 Å². The molecule has 5 heteroatoms. The highest BCUT2D eigenvalue weighted by Gasteiger charge is 2.46. The van der Waals surface area contributed by atoms with Crippen molar-refractivity contribution < 1.29 is 13.9 Å². The standard InChI is InChI=1S/C24H12BNO3/c1-2-7-14-12(5-1)20-18(27-14)11-19-23-24(20)26-13-6-3-8-15-21(13)25(23)22-16(28-15)9-4-10-17(22)29-19/h1-11,26H. The van der Waals surface area contributed by atoms with Crippen molar-refractivity contribution in [3.63, 3.8) is 0 Å². The molecule has 4 heterocycles. The fraction of sp³-hybridized carbons (Fsp3) is 0. The highest BCUT2D eigenvalue weighted by molar-refractivity contribution is 7.00.